The van der Waals surface area contributed by atoms with Crippen molar-refractivity contribution in [3.8, 4) is 0 Å². The summed E-state index contributed by atoms with van der Waals surface area (Å²) in [7, 11) is 0. The molecule has 14 atom stereocenters. The minimum absolute atomic E-state index is 0.00883. The normalized spacial score (nSPS) is 55.1. The predicted octanol–water partition coefficient (Wildman–Crippen LogP) is 3.64. The number of carboxylic acids is 1. The summed E-state index contributed by atoms with van der Waals surface area (Å²) in [6, 6.07) is 0. The highest BCUT2D eigenvalue weighted by atomic mass is 16.7. The SMILES string of the molecule is CC1(C)CC[C@]2(C(=O)O)[C@H](O)C[C@]3(C)C(=CC[C@@H]4[C@@]5(C)CC[C@H](O[C@H]6OC[C@H](O)[C@@H](O)[C@@H]6O)[C@@](C)(CO)[C@@H]5CC[C@]43C)[C@@H]2C1. The molecule has 0 unspecified atom stereocenters. The van der Waals surface area contributed by atoms with Gasteiger partial charge in [-0.15, -0.1) is 0 Å². The van der Waals surface area contributed by atoms with Gasteiger partial charge in [-0.3, -0.25) is 4.79 Å². The molecule has 9 heteroatoms. The first-order valence-corrected chi connectivity index (χ1v) is 17.0. The van der Waals surface area contributed by atoms with Gasteiger partial charge in [0.05, 0.1) is 25.4 Å². The van der Waals surface area contributed by atoms with Gasteiger partial charge in [0.15, 0.2) is 6.29 Å². The van der Waals surface area contributed by atoms with Gasteiger partial charge in [0.25, 0.3) is 0 Å². The molecule has 1 saturated heterocycles. The van der Waals surface area contributed by atoms with Crippen LogP contribution in [0.4, 0.5) is 0 Å². The van der Waals surface area contributed by atoms with E-state index in [1.165, 1.54) is 5.57 Å². The van der Waals surface area contributed by atoms with Gasteiger partial charge < -0.3 is 40.1 Å². The minimum Gasteiger partial charge on any atom is -0.481 e. The molecule has 0 aromatic heterocycles. The molecule has 1 aliphatic heterocycles. The number of carbonyl (C=O) groups is 1. The molecule has 0 aromatic carbocycles. The summed E-state index contributed by atoms with van der Waals surface area (Å²) >= 11 is 0. The molecule has 4 saturated carbocycles. The second-order valence-electron chi connectivity index (χ2n) is 17.4. The molecule has 44 heavy (non-hydrogen) atoms. The van der Waals surface area contributed by atoms with Gasteiger partial charge in [-0.1, -0.05) is 53.2 Å². The van der Waals surface area contributed by atoms with Crippen LogP contribution in [0.1, 0.15) is 99.3 Å². The standard InChI is InChI=1S/C35H56O9/c1-30(2)13-14-35(29(41)42)20(15-30)19-7-8-23-31(3)11-10-25(44-28-27(40)26(39)21(37)17-43-28)32(4,18-36)22(31)9-12-33(23,5)34(19,6)16-24(35)38/h7,20-28,36-40H,8-18H2,1-6H3,(H,41,42)/t20-,21-,22+,23+,24+,25-,26+,27-,28+,31-,32-,33+,34+,35+/m0/s1. The van der Waals surface area contributed by atoms with Crippen molar-refractivity contribution in [2.75, 3.05) is 13.2 Å². The van der Waals surface area contributed by atoms with Crippen LogP contribution in [0.25, 0.3) is 0 Å². The highest BCUT2D eigenvalue weighted by Gasteiger charge is 2.71. The van der Waals surface area contributed by atoms with Gasteiger partial charge in [-0.05, 0) is 97.2 Å². The molecule has 9 nitrogen and oxygen atoms in total. The van der Waals surface area contributed by atoms with Crippen LogP contribution < -0.4 is 0 Å². The second kappa shape index (κ2) is 10.5. The third kappa shape index (κ3) is 4.25. The van der Waals surface area contributed by atoms with Gasteiger partial charge in [0, 0.05) is 5.41 Å². The number of fused-ring (bicyclic) bond motifs is 7. The van der Waals surface area contributed by atoms with Gasteiger partial charge >= 0.3 is 5.97 Å². The third-order valence-corrected chi connectivity index (χ3v) is 14.9. The molecule has 5 aliphatic carbocycles. The average molecular weight is 621 g/mol. The second-order valence-corrected chi connectivity index (χ2v) is 17.4. The van der Waals surface area contributed by atoms with Crippen molar-refractivity contribution >= 4 is 5.97 Å². The summed E-state index contributed by atoms with van der Waals surface area (Å²) in [6.45, 7) is 13.4. The first kappa shape index (κ1) is 32.9. The van der Waals surface area contributed by atoms with Crippen molar-refractivity contribution in [2.45, 2.75) is 136 Å². The molecule has 250 valence electrons. The van der Waals surface area contributed by atoms with Gasteiger partial charge in [-0.25, -0.2) is 0 Å². The summed E-state index contributed by atoms with van der Waals surface area (Å²) in [6.07, 6.45) is 2.66. The van der Waals surface area contributed by atoms with E-state index in [9.17, 15) is 35.4 Å². The molecule has 0 bridgehead atoms. The molecular formula is C35H56O9. The van der Waals surface area contributed by atoms with E-state index in [-0.39, 0.29) is 52.6 Å². The number of aliphatic hydroxyl groups is 5. The average Bonchev–Trinajstić information content (AvgIpc) is 2.94. The Balaban J connectivity index is 1.34. The van der Waals surface area contributed by atoms with E-state index in [4.69, 9.17) is 9.47 Å². The Morgan fingerprint density at radius 3 is 2.30 bits per heavy atom. The fourth-order valence-electron chi connectivity index (χ4n) is 12.0. The molecule has 0 spiro atoms. The predicted molar refractivity (Wildman–Crippen MR) is 162 cm³/mol. The summed E-state index contributed by atoms with van der Waals surface area (Å²) in [5.41, 5.74) is -1.15. The zero-order valence-electron chi connectivity index (χ0n) is 27.5. The van der Waals surface area contributed by atoms with Crippen molar-refractivity contribution in [1.29, 1.82) is 0 Å². The number of hydrogen-bond donors (Lipinski definition) is 6. The lowest BCUT2D eigenvalue weighted by molar-refractivity contribution is -0.313. The van der Waals surface area contributed by atoms with Crippen LogP contribution in [0, 0.1) is 50.2 Å². The molecule has 6 aliphatic rings. The van der Waals surface area contributed by atoms with Crippen LogP contribution >= 0.6 is 0 Å². The maximum absolute atomic E-state index is 13.0. The van der Waals surface area contributed by atoms with E-state index in [0.717, 1.165) is 38.5 Å². The number of allylic oxidation sites excluding steroid dienone is 2. The van der Waals surface area contributed by atoms with Crippen LogP contribution in [0.2, 0.25) is 0 Å². The fraction of sp³-hybridized carbons (Fsp3) is 0.914. The Hall–Kier alpha value is -1.07. The summed E-state index contributed by atoms with van der Waals surface area (Å²) < 4.78 is 12.0. The Morgan fingerprint density at radius 1 is 0.932 bits per heavy atom. The van der Waals surface area contributed by atoms with E-state index in [0.29, 0.717) is 19.3 Å². The fourth-order valence-corrected chi connectivity index (χ4v) is 12.0. The van der Waals surface area contributed by atoms with Crippen molar-refractivity contribution in [1.82, 2.24) is 0 Å². The number of hydrogen-bond acceptors (Lipinski definition) is 8. The Labute approximate surface area is 262 Å². The van der Waals surface area contributed by atoms with E-state index >= 15 is 0 Å². The van der Waals surface area contributed by atoms with E-state index in [2.05, 4.69) is 47.6 Å². The molecular weight excluding hydrogens is 564 g/mol. The molecule has 1 heterocycles. The topological polar surface area (TPSA) is 157 Å². The minimum atomic E-state index is -1.38. The van der Waals surface area contributed by atoms with Crippen molar-refractivity contribution in [2.24, 2.45) is 50.2 Å². The monoisotopic (exact) mass is 620 g/mol. The maximum Gasteiger partial charge on any atom is 0.312 e. The molecule has 6 rings (SSSR count). The van der Waals surface area contributed by atoms with Crippen molar-refractivity contribution in [3.05, 3.63) is 11.6 Å². The number of rotatable bonds is 4. The lowest BCUT2D eigenvalue weighted by Gasteiger charge is -2.71. The van der Waals surface area contributed by atoms with E-state index < -0.39 is 53.6 Å². The number of aliphatic hydroxyl groups excluding tert-OH is 5. The number of aliphatic carboxylic acids is 1. The Bertz CT molecular complexity index is 1190. The molecule has 0 radical (unpaired) electrons. The molecule has 5 fully saturated rings. The Morgan fingerprint density at radius 2 is 1.64 bits per heavy atom. The van der Waals surface area contributed by atoms with Gasteiger partial charge in [0.2, 0.25) is 0 Å². The largest absolute Gasteiger partial charge is 0.481 e. The highest BCUT2D eigenvalue weighted by Crippen LogP contribution is 2.76. The maximum atomic E-state index is 13.0. The van der Waals surface area contributed by atoms with Crippen LogP contribution in [-0.2, 0) is 14.3 Å². The molecule has 0 aromatic rings. The molecule has 6 N–H and O–H groups in total. The summed E-state index contributed by atoms with van der Waals surface area (Å²) in [5.74, 6) is -0.665. The first-order chi connectivity index (χ1) is 20.4. The first-order valence-electron chi connectivity index (χ1n) is 17.0. The number of ether oxygens (including phenoxy) is 2. The smallest absolute Gasteiger partial charge is 0.312 e. The lowest BCUT2D eigenvalue weighted by Crippen LogP contribution is -2.68. The van der Waals surface area contributed by atoms with E-state index in [1.807, 2.05) is 0 Å². The molecule has 0 amide bonds. The lowest BCUT2D eigenvalue weighted by atomic mass is 9.33. The van der Waals surface area contributed by atoms with Crippen molar-refractivity contribution in [3.63, 3.8) is 0 Å². The van der Waals surface area contributed by atoms with Crippen molar-refractivity contribution < 1.29 is 44.9 Å². The van der Waals surface area contributed by atoms with Gasteiger partial charge in [-0.2, -0.15) is 0 Å². The number of carboxylic acid groups (broad SMARTS) is 1. The van der Waals surface area contributed by atoms with E-state index in [1.54, 1.807) is 0 Å². The zero-order valence-corrected chi connectivity index (χ0v) is 27.5. The van der Waals surface area contributed by atoms with Crippen LogP contribution in [-0.4, -0.2) is 86.6 Å². The third-order valence-electron chi connectivity index (χ3n) is 14.9. The summed E-state index contributed by atoms with van der Waals surface area (Å²) in [5, 5.41) is 64.2. The van der Waals surface area contributed by atoms with Crippen LogP contribution in [0.5, 0.6) is 0 Å². The van der Waals surface area contributed by atoms with Gasteiger partial charge in [0.1, 0.15) is 23.7 Å². The zero-order chi connectivity index (χ0) is 32.3. The quantitative estimate of drug-likeness (QED) is 0.204. The highest BCUT2D eigenvalue weighted by molar-refractivity contribution is 5.77. The van der Waals surface area contributed by atoms with Crippen LogP contribution in [0.3, 0.4) is 0 Å². The van der Waals surface area contributed by atoms with Crippen LogP contribution in [0.15, 0.2) is 11.6 Å². The summed E-state index contributed by atoms with van der Waals surface area (Å²) in [4.78, 5) is 13.0. The Kier molecular flexibility index (Phi) is 7.81.